The van der Waals surface area contributed by atoms with Crippen molar-refractivity contribution < 1.29 is 13.9 Å². The number of hydrogen-bond acceptors (Lipinski definition) is 5. The second-order valence-corrected chi connectivity index (χ2v) is 10.4. The first-order chi connectivity index (χ1) is 18.0. The van der Waals surface area contributed by atoms with E-state index in [2.05, 4.69) is 25.4 Å². The molecule has 2 bridgehead atoms. The number of halogens is 1. The largest absolute Gasteiger partial charge is 0.496 e. The number of benzene rings is 1. The first-order valence-corrected chi connectivity index (χ1v) is 13.1. The molecular formula is C28H33FN6O2. The lowest BCUT2D eigenvalue weighted by Crippen LogP contribution is -2.56. The smallest absolute Gasteiger partial charge is 0.317 e. The van der Waals surface area contributed by atoms with Crippen LogP contribution >= 0.6 is 0 Å². The van der Waals surface area contributed by atoms with Gasteiger partial charge in [-0.05, 0) is 56.9 Å². The third-order valence-corrected chi connectivity index (χ3v) is 8.30. The van der Waals surface area contributed by atoms with E-state index in [-0.39, 0.29) is 23.9 Å². The second-order valence-electron chi connectivity index (χ2n) is 10.4. The van der Waals surface area contributed by atoms with Crippen molar-refractivity contribution in [1.82, 2.24) is 30.3 Å². The molecule has 0 radical (unpaired) electrons. The summed E-state index contributed by atoms with van der Waals surface area (Å²) in [5.74, 6) is 0.337. The molecule has 1 aromatic carbocycles. The summed E-state index contributed by atoms with van der Waals surface area (Å²) in [6.45, 7) is 3.62. The number of rotatable bonds is 5. The van der Waals surface area contributed by atoms with Crippen molar-refractivity contribution in [3.63, 3.8) is 0 Å². The third-order valence-electron chi connectivity index (χ3n) is 8.30. The predicted molar refractivity (Wildman–Crippen MR) is 138 cm³/mol. The van der Waals surface area contributed by atoms with Gasteiger partial charge in [-0.1, -0.05) is 6.07 Å². The Hall–Kier alpha value is -3.46. The third kappa shape index (κ3) is 4.45. The summed E-state index contributed by atoms with van der Waals surface area (Å²) in [5, 5.41) is 11.1. The molecule has 2 saturated heterocycles. The minimum absolute atomic E-state index is 0.0390. The van der Waals surface area contributed by atoms with Crippen molar-refractivity contribution in [3.05, 3.63) is 64.9 Å². The van der Waals surface area contributed by atoms with Crippen LogP contribution in [0.1, 0.15) is 48.2 Å². The van der Waals surface area contributed by atoms with Gasteiger partial charge in [0.25, 0.3) is 0 Å². The number of ether oxygens (including phenoxy) is 1. The maximum Gasteiger partial charge on any atom is 0.317 e. The molecule has 2 aromatic heterocycles. The van der Waals surface area contributed by atoms with Gasteiger partial charge in [-0.2, -0.15) is 5.10 Å². The minimum Gasteiger partial charge on any atom is -0.496 e. The SMILES string of the molecule is COc1cccc(F)c1CN1[C@@H]2CC[C@H](NC(=O)N3CCc4[nH]nc(-c5ccnc(C)c5)c4C3)[C@H]1CC2. The van der Waals surface area contributed by atoms with Gasteiger partial charge in [0.1, 0.15) is 11.6 Å². The number of nitrogens with zero attached hydrogens (tertiary/aromatic N) is 4. The van der Waals surface area contributed by atoms with Gasteiger partial charge >= 0.3 is 6.03 Å². The number of pyridine rings is 1. The fourth-order valence-electron chi connectivity index (χ4n) is 6.40. The molecule has 5 heterocycles. The van der Waals surface area contributed by atoms with E-state index < -0.39 is 0 Å². The standard InChI is InChI=1S/C28H33FN6O2/c1-17-14-18(10-12-30-17)27-21-15-34(13-11-23(21)32-33-27)28(36)31-24-8-6-19-7-9-25(24)35(19)16-20-22(29)4-3-5-26(20)37-2/h3-5,10,12,14,19,24-25H,6-9,11,13,15-16H2,1-2H3,(H,31,36)(H,32,33)/t19-,24+,25-/m1/s1. The van der Waals surface area contributed by atoms with Crippen LogP contribution < -0.4 is 10.1 Å². The highest BCUT2D eigenvalue weighted by Gasteiger charge is 2.43. The highest BCUT2D eigenvalue weighted by molar-refractivity contribution is 5.76. The van der Waals surface area contributed by atoms with Crippen LogP contribution in [0, 0.1) is 12.7 Å². The van der Waals surface area contributed by atoms with Crippen LogP contribution in [0.25, 0.3) is 11.3 Å². The number of carbonyl (C=O) groups excluding carboxylic acids is 1. The lowest BCUT2D eigenvalue weighted by molar-refractivity contribution is 0.0965. The average Bonchev–Trinajstić information content (AvgIpc) is 3.45. The van der Waals surface area contributed by atoms with Crippen LogP contribution in [0.4, 0.5) is 9.18 Å². The number of methoxy groups -OCH3 is 1. The quantitative estimate of drug-likeness (QED) is 0.544. The number of amides is 2. The van der Waals surface area contributed by atoms with Gasteiger partial charge in [0, 0.05) is 71.9 Å². The molecule has 3 aromatic rings. The first-order valence-electron chi connectivity index (χ1n) is 13.1. The molecule has 2 N–H and O–H groups in total. The van der Waals surface area contributed by atoms with Crippen LogP contribution in [0.5, 0.6) is 5.75 Å². The average molecular weight is 505 g/mol. The summed E-state index contributed by atoms with van der Waals surface area (Å²) < 4.78 is 20.1. The highest BCUT2D eigenvalue weighted by Crippen LogP contribution is 2.38. The molecule has 2 fully saturated rings. The lowest BCUT2D eigenvalue weighted by atomic mass is 9.96. The summed E-state index contributed by atoms with van der Waals surface area (Å²) in [5.41, 5.74) is 5.59. The Morgan fingerprint density at radius 3 is 2.95 bits per heavy atom. The van der Waals surface area contributed by atoms with Gasteiger partial charge in [-0.15, -0.1) is 0 Å². The second kappa shape index (κ2) is 9.78. The molecule has 3 aliphatic heterocycles. The lowest BCUT2D eigenvalue weighted by Gasteiger charge is -2.41. The summed E-state index contributed by atoms with van der Waals surface area (Å²) in [6, 6.07) is 9.56. The van der Waals surface area contributed by atoms with Crippen molar-refractivity contribution in [2.75, 3.05) is 13.7 Å². The number of aromatic nitrogens is 3. The molecule has 0 spiro atoms. The Morgan fingerprint density at radius 1 is 1.24 bits per heavy atom. The fraction of sp³-hybridized carbons (Fsp3) is 0.464. The van der Waals surface area contributed by atoms with Crippen molar-refractivity contribution >= 4 is 6.03 Å². The number of fused-ring (bicyclic) bond motifs is 3. The molecule has 2 amide bonds. The van der Waals surface area contributed by atoms with Gasteiger partial charge in [0.2, 0.25) is 0 Å². The van der Waals surface area contributed by atoms with Crippen molar-refractivity contribution in [3.8, 4) is 17.0 Å². The van der Waals surface area contributed by atoms with Crippen molar-refractivity contribution in [2.45, 2.75) is 70.2 Å². The number of hydrogen-bond donors (Lipinski definition) is 2. The minimum atomic E-state index is -0.241. The number of H-pyrrole nitrogens is 1. The summed E-state index contributed by atoms with van der Waals surface area (Å²) in [7, 11) is 1.58. The topological polar surface area (TPSA) is 86.4 Å². The zero-order valence-electron chi connectivity index (χ0n) is 21.3. The molecule has 0 aliphatic carbocycles. The predicted octanol–water partition coefficient (Wildman–Crippen LogP) is 4.19. The molecule has 3 atom stereocenters. The molecule has 9 heteroatoms. The van der Waals surface area contributed by atoms with Crippen LogP contribution in [-0.2, 0) is 19.5 Å². The number of urea groups is 1. The normalized spacial score (nSPS) is 23.1. The van der Waals surface area contributed by atoms with Crippen LogP contribution in [-0.4, -0.2) is 62.8 Å². The van der Waals surface area contributed by atoms with Crippen LogP contribution in [0.15, 0.2) is 36.5 Å². The molecule has 37 heavy (non-hydrogen) atoms. The fourth-order valence-corrected chi connectivity index (χ4v) is 6.40. The number of aryl methyl sites for hydroxylation is 1. The first kappa shape index (κ1) is 23.9. The maximum absolute atomic E-state index is 14.7. The van der Waals surface area contributed by atoms with Gasteiger partial charge in [-0.3, -0.25) is 15.0 Å². The van der Waals surface area contributed by atoms with E-state index >= 15 is 0 Å². The van der Waals surface area contributed by atoms with Gasteiger partial charge < -0.3 is 15.0 Å². The van der Waals surface area contributed by atoms with Gasteiger partial charge in [0.05, 0.1) is 19.3 Å². The number of aromatic amines is 1. The van der Waals surface area contributed by atoms with E-state index in [0.29, 0.717) is 37.0 Å². The molecule has 3 aliphatic rings. The van der Waals surface area contributed by atoms with E-state index in [9.17, 15) is 9.18 Å². The number of carbonyl (C=O) groups is 1. The Labute approximate surface area is 216 Å². The van der Waals surface area contributed by atoms with E-state index in [1.165, 1.54) is 6.07 Å². The van der Waals surface area contributed by atoms with E-state index in [4.69, 9.17) is 4.74 Å². The highest BCUT2D eigenvalue weighted by atomic mass is 19.1. The van der Waals surface area contributed by atoms with Crippen molar-refractivity contribution in [1.29, 1.82) is 0 Å². The molecular weight excluding hydrogens is 471 g/mol. The Bertz CT molecular complexity index is 1310. The van der Waals surface area contributed by atoms with Crippen molar-refractivity contribution in [2.24, 2.45) is 0 Å². The summed E-state index contributed by atoms with van der Waals surface area (Å²) in [4.78, 5) is 22.0. The Morgan fingerprint density at radius 2 is 2.11 bits per heavy atom. The number of piperidine rings is 1. The van der Waals surface area contributed by atoms with Crippen LogP contribution in [0.3, 0.4) is 0 Å². The van der Waals surface area contributed by atoms with E-state index in [0.717, 1.165) is 60.3 Å². The van der Waals surface area contributed by atoms with Gasteiger partial charge in [-0.25, -0.2) is 9.18 Å². The molecule has 8 nitrogen and oxygen atoms in total. The van der Waals surface area contributed by atoms with Gasteiger partial charge in [0.15, 0.2) is 0 Å². The Kier molecular flexibility index (Phi) is 6.32. The number of nitrogens with one attached hydrogen (secondary N) is 2. The molecule has 6 rings (SSSR count). The summed E-state index contributed by atoms with van der Waals surface area (Å²) >= 11 is 0. The molecule has 194 valence electrons. The molecule has 0 unspecified atom stereocenters. The molecule has 0 saturated carbocycles. The maximum atomic E-state index is 14.7. The van der Waals surface area contributed by atoms with E-state index in [1.807, 2.05) is 30.0 Å². The zero-order valence-corrected chi connectivity index (χ0v) is 21.3. The zero-order chi connectivity index (χ0) is 25.5. The van der Waals surface area contributed by atoms with E-state index in [1.54, 1.807) is 19.4 Å². The monoisotopic (exact) mass is 504 g/mol. The van der Waals surface area contributed by atoms with Crippen LogP contribution in [0.2, 0.25) is 0 Å². The summed E-state index contributed by atoms with van der Waals surface area (Å²) in [6.07, 6.45) is 6.55. The Balaban J connectivity index is 1.16.